The summed E-state index contributed by atoms with van der Waals surface area (Å²) >= 11 is 0. The standard InChI is InChI=1S/C24H50/c1-4-6-8-10-12-13-14-15-17-19-21-23-24(3)22-20-18-16-11-9-7-5-2/h24H,4-23H2,1-3H3. The predicted molar refractivity (Wildman–Crippen MR) is 113 cm³/mol. The molecule has 0 saturated carbocycles. The molecule has 0 aliphatic rings. The van der Waals surface area contributed by atoms with E-state index in [0.717, 1.165) is 5.92 Å². The molecule has 0 N–H and O–H groups in total. The maximum absolute atomic E-state index is 2.48. The number of hydrogen-bond acceptors (Lipinski definition) is 0. The summed E-state index contributed by atoms with van der Waals surface area (Å²) in [7, 11) is 0. The summed E-state index contributed by atoms with van der Waals surface area (Å²) in [6.45, 7) is 7.08. The van der Waals surface area contributed by atoms with Gasteiger partial charge in [-0.2, -0.15) is 0 Å². The first kappa shape index (κ1) is 24.0. The van der Waals surface area contributed by atoms with Crippen molar-refractivity contribution >= 4 is 0 Å². The van der Waals surface area contributed by atoms with Crippen LogP contribution in [0.25, 0.3) is 0 Å². The fraction of sp³-hybridized carbons (Fsp3) is 1.00. The Labute approximate surface area is 155 Å². The van der Waals surface area contributed by atoms with E-state index >= 15 is 0 Å². The summed E-state index contributed by atoms with van der Waals surface area (Å²) in [6.07, 6.45) is 29.3. The summed E-state index contributed by atoms with van der Waals surface area (Å²) in [6, 6.07) is 0. The van der Waals surface area contributed by atoms with Gasteiger partial charge in [0.25, 0.3) is 0 Å². The van der Waals surface area contributed by atoms with E-state index in [9.17, 15) is 0 Å². The van der Waals surface area contributed by atoms with E-state index in [2.05, 4.69) is 20.8 Å². The topological polar surface area (TPSA) is 0 Å². The molecule has 0 aliphatic heterocycles. The molecule has 1 unspecified atom stereocenters. The third-order valence-corrected chi connectivity index (χ3v) is 5.60. The smallest absolute Gasteiger partial charge is 0.0443 e. The van der Waals surface area contributed by atoms with Crippen molar-refractivity contribution in [2.75, 3.05) is 0 Å². The van der Waals surface area contributed by atoms with E-state index in [0.29, 0.717) is 0 Å². The summed E-state index contributed by atoms with van der Waals surface area (Å²) in [5.74, 6) is 0.971. The van der Waals surface area contributed by atoms with Gasteiger partial charge in [-0.3, -0.25) is 0 Å². The molecule has 0 aliphatic carbocycles. The van der Waals surface area contributed by atoms with Crippen LogP contribution in [0.4, 0.5) is 0 Å². The number of hydrogen-bond donors (Lipinski definition) is 0. The lowest BCUT2D eigenvalue weighted by molar-refractivity contribution is 0.430. The molecule has 0 rings (SSSR count). The second-order valence-corrected chi connectivity index (χ2v) is 8.34. The highest BCUT2D eigenvalue weighted by Gasteiger charge is 2.02. The van der Waals surface area contributed by atoms with Crippen molar-refractivity contribution in [3.63, 3.8) is 0 Å². The van der Waals surface area contributed by atoms with Crippen LogP contribution in [0.5, 0.6) is 0 Å². The average Bonchev–Trinajstić information content (AvgIpc) is 2.59. The molecule has 0 aromatic carbocycles. The van der Waals surface area contributed by atoms with Crippen molar-refractivity contribution in [2.45, 2.75) is 149 Å². The molecule has 0 spiro atoms. The largest absolute Gasteiger partial charge is 0.0654 e. The fourth-order valence-electron chi connectivity index (χ4n) is 3.75. The van der Waals surface area contributed by atoms with Gasteiger partial charge in [0.05, 0.1) is 0 Å². The van der Waals surface area contributed by atoms with Crippen LogP contribution in [0.2, 0.25) is 0 Å². The third-order valence-electron chi connectivity index (χ3n) is 5.60. The fourth-order valence-corrected chi connectivity index (χ4v) is 3.75. The van der Waals surface area contributed by atoms with E-state index < -0.39 is 0 Å². The second kappa shape index (κ2) is 21.0. The molecule has 0 heteroatoms. The second-order valence-electron chi connectivity index (χ2n) is 8.34. The van der Waals surface area contributed by atoms with E-state index in [-0.39, 0.29) is 0 Å². The van der Waals surface area contributed by atoms with Gasteiger partial charge in [-0.05, 0) is 5.92 Å². The van der Waals surface area contributed by atoms with E-state index in [1.807, 2.05) is 0 Å². The predicted octanol–water partition coefficient (Wildman–Crippen LogP) is 9.46. The molecular weight excluding hydrogens is 288 g/mol. The van der Waals surface area contributed by atoms with Crippen LogP contribution < -0.4 is 0 Å². The summed E-state index contributed by atoms with van der Waals surface area (Å²) in [5, 5.41) is 0. The Balaban J connectivity index is 3.11. The highest BCUT2D eigenvalue weighted by Crippen LogP contribution is 2.19. The van der Waals surface area contributed by atoms with Crippen LogP contribution in [0.3, 0.4) is 0 Å². The monoisotopic (exact) mass is 338 g/mol. The van der Waals surface area contributed by atoms with Crippen LogP contribution in [-0.4, -0.2) is 0 Å². The van der Waals surface area contributed by atoms with E-state index in [4.69, 9.17) is 0 Å². The van der Waals surface area contributed by atoms with Crippen LogP contribution in [-0.2, 0) is 0 Å². The molecule has 1 atom stereocenters. The lowest BCUT2D eigenvalue weighted by Gasteiger charge is -2.11. The zero-order valence-electron chi connectivity index (χ0n) is 17.7. The van der Waals surface area contributed by atoms with Gasteiger partial charge in [0.1, 0.15) is 0 Å². The molecule has 146 valence electrons. The van der Waals surface area contributed by atoms with Crippen molar-refractivity contribution in [3.05, 3.63) is 0 Å². The first-order valence-electron chi connectivity index (χ1n) is 11.8. The number of unbranched alkanes of at least 4 members (excludes halogenated alkanes) is 16. The maximum Gasteiger partial charge on any atom is -0.0443 e. The Hall–Kier alpha value is 0. The summed E-state index contributed by atoms with van der Waals surface area (Å²) < 4.78 is 0. The third kappa shape index (κ3) is 20.0. The summed E-state index contributed by atoms with van der Waals surface area (Å²) in [4.78, 5) is 0. The zero-order chi connectivity index (χ0) is 17.7. The maximum atomic E-state index is 2.48. The van der Waals surface area contributed by atoms with Gasteiger partial charge >= 0.3 is 0 Å². The van der Waals surface area contributed by atoms with Gasteiger partial charge in [-0.15, -0.1) is 0 Å². The molecule has 24 heavy (non-hydrogen) atoms. The molecule has 0 radical (unpaired) electrons. The Morgan fingerprint density at radius 1 is 0.375 bits per heavy atom. The first-order valence-corrected chi connectivity index (χ1v) is 11.8. The van der Waals surface area contributed by atoms with Crippen molar-refractivity contribution in [1.29, 1.82) is 0 Å². The van der Waals surface area contributed by atoms with Crippen molar-refractivity contribution in [3.8, 4) is 0 Å². The van der Waals surface area contributed by atoms with Crippen LogP contribution in [0.15, 0.2) is 0 Å². The molecule has 0 heterocycles. The first-order chi connectivity index (χ1) is 11.8. The average molecular weight is 339 g/mol. The van der Waals surface area contributed by atoms with Crippen LogP contribution in [0, 0.1) is 5.92 Å². The molecule has 0 aromatic rings. The SMILES string of the molecule is CCCCCCCCCCCCCC(C)CCCCCCCCC. The van der Waals surface area contributed by atoms with E-state index in [1.54, 1.807) is 0 Å². The summed E-state index contributed by atoms with van der Waals surface area (Å²) in [5.41, 5.74) is 0. The number of rotatable bonds is 20. The minimum atomic E-state index is 0.971. The lowest BCUT2D eigenvalue weighted by atomic mass is 9.95. The van der Waals surface area contributed by atoms with Crippen LogP contribution >= 0.6 is 0 Å². The van der Waals surface area contributed by atoms with Gasteiger partial charge in [0, 0.05) is 0 Å². The van der Waals surface area contributed by atoms with Crippen molar-refractivity contribution < 1.29 is 0 Å². The quantitative estimate of drug-likeness (QED) is 0.194. The lowest BCUT2D eigenvalue weighted by Crippen LogP contribution is -1.95. The molecule has 0 amide bonds. The van der Waals surface area contributed by atoms with Gasteiger partial charge < -0.3 is 0 Å². The van der Waals surface area contributed by atoms with Gasteiger partial charge in [0.2, 0.25) is 0 Å². The Morgan fingerprint density at radius 2 is 0.625 bits per heavy atom. The van der Waals surface area contributed by atoms with Crippen molar-refractivity contribution in [2.24, 2.45) is 5.92 Å². The highest BCUT2D eigenvalue weighted by atomic mass is 14.1. The zero-order valence-corrected chi connectivity index (χ0v) is 17.7. The molecule has 0 nitrogen and oxygen atoms in total. The Bertz CT molecular complexity index is 208. The van der Waals surface area contributed by atoms with Gasteiger partial charge in [-0.25, -0.2) is 0 Å². The highest BCUT2D eigenvalue weighted by molar-refractivity contribution is 4.56. The van der Waals surface area contributed by atoms with Crippen LogP contribution in [0.1, 0.15) is 149 Å². The van der Waals surface area contributed by atoms with Crippen molar-refractivity contribution in [1.82, 2.24) is 0 Å². The minimum Gasteiger partial charge on any atom is -0.0654 e. The molecule has 0 bridgehead atoms. The molecule has 0 fully saturated rings. The molecular formula is C24H50. The normalized spacial score (nSPS) is 12.6. The molecule has 0 saturated heterocycles. The molecule has 0 aromatic heterocycles. The Morgan fingerprint density at radius 3 is 0.917 bits per heavy atom. The van der Waals surface area contributed by atoms with Gasteiger partial charge in [-0.1, -0.05) is 149 Å². The van der Waals surface area contributed by atoms with Gasteiger partial charge in [0.15, 0.2) is 0 Å². The Kier molecular flexibility index (Phi) is 21.0. The minimum absolute atomic E-state index is 0.971. The van der Waals surface area contributed by atoms with E-state index in [1.165, 1.54) is 128 Å².